The predicted molar refractivity (Wildman–Crippen MR) is 121 cm³/mol. The van der Waals surface area contributed by atoms with E-state index in [0.29, 0.717) is 0 Å². The van der Waals surface area contributed by atoms with Crippen LogP contribution in [-0.2, 0) is 10.3 Å². The molecule has 15 heteroatoms. The number of nitrogens with two attached hydrogens (primary N) is 1. The largest absolute Gasteiger partial charge is 0.316 e. The number of hydrogen-bond donors (Lipinski definition) is 1. The molecular formula is C12H2B12ClNO. The molecule has 2 unspecified atom stereocenters. The third-order valence-electron chi connectivity index (χ3n) is 6.19. The van der Waals surface area contributed by atoms with Crippen LogP contribution in [0.2, 0.25) is 20.9 Å². The van der Waals surface area contributed by atoms with E-state index in [2.05, 4.69) is 0 Å². The lowest BCUT2D eigenvalue weighted by molar-refractivity contribution is -0.128. The molecule has 1 saturated carbocycles. The summed E-state index contributed by atoms with van der Waals surface area (Å²) in [6.45, 7) is 0. The van der Waals surface area contributed by atoms with Crippen molar-refractivity contribution >= 4 is 137 Å². The van der Waals surface area contributed by atoms with Crippen molar-refractivity contribution in [2.24, 2.45) is 5.73 Å². The van der Waals surface area contributed by atoms with Crippen molar-refractivity contribution in [3.63, 3.8) is 0 Å². The Labute approximate surface area is 179 Å². The van der Waals surface area contributed by atoms with Gasteiger partial charge in [-0.2, -0.15) is 11.5 Å². The van der Waals surface area contributed by atoms with E-state index < -0.39 is 38.3 Å². The zero-order valence-corrected chi connectivity index (χ0v) is 15.0. The number of carbonyl (C=O) groups is 1. The molecule has 1 aromatic rings. The smallest absolute Gasteiger partial charge is 0.282 e. The van der Waals surface area contributed by atoms with Gasteiger partial charge in [-0.25, -0.2) is 0 Å². The number of Topliss-reactive ketones (excluding diaryl/α,β-unsaturated/α-hetero) is 1. The Morgan fingerprint density at radius 3 is 1.70 bits per heavy atom. The maximum absolute atomic E-state index is 13.4. The molecule has 22 radical (unpaired) electrons. The molecule has 1 fully saturated rings. The Morgan fingerprint density at radius 2 is 1.22 bits per heavy atom. The Morgan fingerprint density at radius 1 is 0.778 bits per heavy atom. The highest BCUT2D eigenvalue weighted by Crippen LogP contribution is 2.77. The van der Waals surface area contributed by atoms with Crippen LogP contribution in [0.15, 0.2) is 0 Å². The van der Waals surface area contributed by atoms with Crippen LogP contribution < -0.4 is 33.0 Å². The minimum absolute atomic E-state index is 0.0352. The summed E-state index contributed by atoms with van der Waals surface area (Å²) in [5, 5.41) is -9.52. The molecule has 3 rings (SSSR count). The summed E-state index contributed by atoms with van der Waals surface area (Å²) in [4.78, 5) is 13.4. The van der Waals surface area contributed by atoms with E-state index in [9.17, 15) is 4.79 Å². The first-order valence-electron chi connectivity index (χ1n) is 7.71. The molecule has 1 heterocycles. The van der Waals surface area contributed by atoms with Gasteiger partial charge in [0.05, 0.1) is 60.5 Å². The minimum atomic E-state index is -2.51. The zero-order valence-electron chi connectivity index (χ0n) is 14.3. The molecule has 0 amide bonds. The first-order chi connectivity index (χ1) is 12.0. The SMILES string of the molecule is [B]c1c([B])c([B])c2c(c1[B])B(Cl)C1([B])C2(N)C(=O)C([B])([B])C([B])([B])C1([B])[B]. The van der Waals surface area contributed by atoms with Gasteiger partial charge in [0.15, 0.2) is 0 Å². The number of rotatable bonds is 0. The normalized spacial score (nSPS) is 32.7. The number of fused-ring (bicyclic) bond motifs is 3. The average Bonchev–Trinajstić information content (AvgIpc) is 2.76. The van der Waals surface area contributed by atoms with Gasteiger partial charge in [0.25, 0.3) is 6.13 Å². The number of benzene rings is 1. The molecule has 1 aliphatic carbocycles. The third kappa shape index (κ3) is 1.92. The van der Waals surface area contributed by atoms with Crippen LogP contribution in [0.4, 0.5) is 0 Å². The minimum Gasteiger partial charge on any atom is -0.316 e. The van der Waals surface area contributed by atoms with Crippen molar-refractivity contribution in [2.75, 3.05) is 0 Å². The molecule has 1 aromatic carbocycles. The quantitative estimate of drug-likeness (QED) is 0.477. The number of halogens is 1. The van der Waals surface area contributed by atoms with Crippen LogP contribution in [-0.4, -0.2) is 98.2 Å². The van der Waals surface area contributed by atoms with Crippen LogP contribution in [0.5, 0.6) is 0 Å². The van der Waals surface area contributed by atoms with Gasteiger partial charge in [-0.15, -0.1) is 26.8 Å². The van der Waals surface area contributed by atoms with Crippen molar-refractivity contribution < 1.29 is 4.79 Å². The maximum atomic E-state index is 13.4. The van der Waals surface area contributed by atoms with Crippen LogP contribution in [0, 0.1) is 0 Å². The van der Waals surface area contributed by atoms with Crippen molar-refractivity contribution in [3.05, 3.63) is 5.56 Å². The van der Waals surface area contributed by atoms with Crippen LogP contribution >= 0.6 is 11.5 Å². The van der Waals surface area contributed by atoms with Crippen molar-refractivity contribution in [1.29, 1.82) is 0 Å². The summed E-state index contributed by atoms with van der Waals surface area (Å²) >= 11 is 6.58. The molecule has 27 heavy (non-hydrogen) atoms. The lowest BCUT2D eigenvalue weighted by Crippen LogP contribution is -2.72. The summed E-state index contributed by atoms with van der Waals surface area (Å²) < 4.78 is 0. The second-order valence-electron chi connectivity index (χ2n) is 7.42. The van der Waals surface area contributed by atoms with E-state index in [0.717, 1.165) is 0 Å². The fraction of sp³-hybridized carbons (Fsp3) is 0.417. The standard InChI is InChI=1S/C12H2B12ClNO/c13-2-1-6(5(16)4(15)3(2)14)24(25)12(23)8(1,26)7(27)9(17,18)10(19,20)11(12,21)22/h26H2. The van der Waals surface area contributed by atoms with Crippen LogP contribution in [0.25, 0.3) is 0 Å². The maximum Gasteiger partial charge on any atom is 0.282 e. The molecule has 1 aliphatic heterocycles. The van der Waals surface area contributed by atoms with Gasteiger partial charge >= 0.3 is 0 Å². The third-order valence-corrected chi connectivity index (χ3v) is 6.75. The Hall–Kier alpha value is -0.0808. The van der Waals surface area contributed by atoms with E-state index in [1.54, 1.807) is 0 Å². The van der Waals surface area contributed by atoms with Crippen molar-refractivity contribution in [2.45, 2.75) is 26.4 Å². The number of ketones is 1. The monoisotopic (exact) mass is 343 g/mol. The van der Waals surface area contributed by atoms with Gasteiger partial charge in [0, 0.05) is 0 Å². The van der Waals surface area contributed by atoms with Crippen molar-refractivity contribution in [3.8, 4) is 0 Å². The van der Waals surface area contributed by atoms with Crippen LogP contribution in [0.3, 0.4) is 0 Å². The van der Waals surface area contributed by atoms with E-state index in [-0.39, 0.29) is 32.9 Å². The second-order valence-corrected chi connectivity index (χ2v) is 7.86. The van der Waals surface area contributed by atoms with Gasteiger partial charge in [0.2, 0.25) is 0 Å². The van der Waals surface area contributed by atoms with Gasteiger partial charge < -0.3 is 5.73 Å². The number of carbonyl (C=O) groups excluding carboxylic acids is 1. The summed E-state index contributed by atoms with van der Waals surface area (Å²) in [6.07, 6.45) is -1.38. The fourth-order valence-corrected chi connectivity index (χ4v) is 4.79. The molecule has 0 spiro atoms. The topological polar surface area (TPSA) is 43.1 Å². The summed E-state index contributed by atoms with van der Waals surface area (Å²) in [7, 11) is 66.8. The first-order valence-corrected chi connectivity index (χ1v) is 8.15. The molecule has 0 bridgehead atoms. The van der Waals surface area contributed by atoms with Crippen molar-refractivity contribution in [1.82, 2.24) is 0 Å². The lowest BCUT2D eigenvalue weighted by atomic mass is 9.04. The van der Waals surface area contributed by atoms with E-state index in [4.69, 9.17) is 104 Å². The molecule has 2 nitrogen and oxygen atoms in total. The molecule has 2 atom stereocenters. The summed E-state index contributed by atoms with van der Waals surface area (Å²) in [5.41, 5.74) is 3.61. The average molecular weight is 341 g/mol. The van der Waals surface area contributed by atoms with Gasteiger partial charge in [0.1, 0.15) is 37.2 Å². The van der Waals surface area contributed by atoms with Gasteiger partial charge in [-0.1, -0.05) is 16.1 Å². The lowest BCUT2D eigenvalue weighted by Gasteiger charge is -2.71. The Kier molecular flexibility index (Phi) is 4.43. The number of hydrogen-bond acceptors (Lipinski definition) is 2. The second kappa shape index (κ2) is 5.54. The fourth-order valence-electron chi connectivity index (χ4n) is 4.21. The molecule has 0 saturated heterocycles. The highest BCUT2D eigenvalue weighted by Gasteiger charge is 2.76. The molecular weight excluding hydrogens is 339 g/mol. The predicted octanol–water partition coefficient (Wildman–Crippen LogP) is -6.72. The van der Waals surface area contributed by atoms with Gasteiger partial charge in [-0.05, 0) is 10.8 Å². The highest BCUT2D eigenvalue weighted by molar-refractivity contribution is 7.21. The van der Waals surface area contributed by atoms with E-state index in [1.807, 2.05) is 0 Å². The molecule has 2 N–H and O–H groups in total. The molecule has 2 aliphatic rings. The van der Waals surface area contributed by atoms with E-state index >= 15 is 0 Å². The Balaban J connectivity index is 2.57. The highest BCUT2D eigenvalue weighted by atomic mass is 35.5. The van der Waals surface area contributed by atoms with Gasteiger partial charge in [-0.3, -0.25) is 4.79 Å². The van der Waals surface area contributed by atoms with E-state index in [1.165, 1.54) is 0 Å². The van der Waals surface area contributed by atoms with Crippen LogP contribution in [0.1, 0.15) is 5.56 Å². The molecule has 0 aromatic heterocycles. The first kappa shape index (κ1) is 21.6. The summed E-state index contributed by atoms with van der Waals surface area (Å²) in [6, 6.07) is 0. The summed E-state index contributed by atoms with van der Waals surface area (Å²) in [5.74, 6) is -1.09. The molecule has 104 valence electrons. The zero-order chi connectivity index (χ0) is 21.1. The Bertz CT molecular complexity index is 903.